The molecule has 0 fully saturated rings. The van der Waals surface area contributed by atoms with E-state index in [-0.39, 0.29) is 6.61 Å². The molecule has 0 heterocycles. The summed E-state index contributed by atoms with van der Waals surface area (Å²) in [4.78, 5) is 4.21. The predicted molar refractivity (Wildman–Crippen MR) is 112 cm³/mol. The summed E-state index contributed by atoms with van der Waals surface area (Å²) in [6.45, 7) is 1.95. The van der Waals surface area contributed by atoms with Gasteiger partial charge in [-0.3, -0.25) is 4.99 Å². The summed E-state index contributed by atoms with van der Waals surface area (Å²) in [5.74, 6) is 1.55. The van der Waals surface area contributed by atoms with Crippen LogP contribution in [0.2, 0.25) is 0 Å². The molecule has 0 aromatic heterocycles. The zero-order valence-corrected chi connectivity index (χ0v) is 17.5. The molecule has 0 aliphatic carbocycles. The van der Waals surface area contributed by atoms with Crippen LogP contribution in [0.4, 0.5) is 13.2 Å². The lowest BCUT2D eigenvalue weighted by Gasteiger charge is -2.13. The number of hydrogen-bond donors (Lipinski definition) is 2. The third-order valence-corrected chi connectivity index (χ3v) is 4.42. The molecule has 2 N–H and O–H groups in total. The van der Waals surface area contributed by atoms with Gasteiger partial charge in [-0.2, -0.15) is 13.2 Å². The van der Waals surface area contributed by atoms with Crippen LogP contribution in [0.25, 0.3) is 0 Å². The topological polar surface area (TPSA) is 54.9 Å². The van der Waals surface area contributed by atoms with E-state index in [0.717, 1.165) is 23.3 Å². The minimum absolute atomic E-state index is 0.0692. The van der Waals surface area contributed by atoms with E-state index >= 15 is 0 Å². The Hall–Kier alpha value is -2.74. The van der Waals surface area contributed by atoms with Crippen molar-refractivity contribution in [2.45, 2.75) is 32.7 Å². The maximum atomic E-state index is 12.1. The van der Waals surface area contributed by atoms with E-state index in [1.165, 1.54) is 5.56 Å². The van der Waals surface area contributed by atoms with Gasteiger partial charge in [0.2, 0.25) is 0 Å². The van der Waals surface area contributed by atoms with Crippen molar-refractivity contribution in [2.75, 3.05) is 27.3 Å². The quantitative estimate of drug-likeness (QED) is 0.473. The van der Waals surface area contributed by atoms with E-state index in [4.69, 9.17) is 4.74 Å². The predicted octanol–water partition coefficient (Wildman–Crippen LogP) is 3.99. The molecule has 0 unspecified atom stereocenters. The van der Waals surface area contributed by atoms with Crippen molar-refractivity contribution in [3.63, 3.8) is 0 Å². The summed E-state index contributed by atoms with van der Waals surface area (Å²) in [5.41, 5.74) is 3.95. The van der Waals surface area contributed by atoms with Crippen LogP contribution in [0.3, 0.4) is 0 Å². The van der Waals surface area contributed by atoms with E-state index in [1.807, 2.05) is 31.2 Å². The second kappa shape index (κ2) is 11.4. The van der Waals surface area contributed by atoms with Gasteiger partial charge in [-0.1, -0.05) is 36.4 Å². The van der Waals surface area contributed by atoms with Crippen LogP contribution >= 0.6 is 0 Å². The highest BCUT2D eigenvalue weighted by molar-refractivity contribution is 5.79. The van der Waals surface area contributed by atoms with E-state index in [0.29, 0.717) is 24.6 Å². The Morgan fingerprint density at radius 3 is 2.30 bits per heavy atom. The first-order valence-electron chi connectivity index (χ1n) is 9.61. The van der Waals surface area contributed by atoms with E-state index in [2.05, 4.69) is 26.4 Å². The molecule has 0 aliphatic heterocycles. The van der Waals surface area contributed by atoms with Gasteiger partial charge in [0.05, 0.1) is 13.7 Å². The molecule has 0 saturated heterocycles. The van der Waals surface area contributed by atoms with Crippen LogP contribution in [0.1, 0.15) is 22.3 Å². The summed E-state index contributed by atoms with van der Waals surface area (Å²) >= 11 is 0. The number of hydrogen-bond acceptors (Lipinski definition) is 3. The third kappa shape index (κ3) is 8.32. The summed E-state index contributed by atoms with van der Waals surface area (Å²) in [5, 5.41) is 6.49. The number of ether oxygens (including phenoxy) is 2. The average Bonchev–Trinajstić information content (AvgIpc) is 2.71. The summed E-state index contributed by atoms with van der Waals surface area (Å²) < 4.78 is 46.3. The van der Waals surface area contributed by atoms with Gasteiger partial charge in [0, 0.05) is 20.1 Å². The Labute approximate surface area is 175 Å². The van der Waals surface area contributed by atoms with Gasteiger partial charge in [0.25, 0.3) is 0 Å². The number of aryl methyl sites for hydroxylation is 1. The molecular formula is C22H28F3N3O2. The highest BCUT2D eigenvalue weighted by Crippen LogP contribution is 2.19. The van der Waals surface area contributed by atoms with Gasteiger partial charge < -0.3 is 20.1 Å². The van der Waals surface area contributed by atoms with Gasteiger partial charge in [-0.05, 0) is 41.7 Å². The van der Waals surface area contributed by atoms with Crippen LogP contribution in [0.15, 0.2) is 47.5 Å². The van der Waals surface area contributed by atoms with Crippen LogP contribution in [0.5, 0.6) is 5.75 Å². The molecule has 8 heteroatoms. The first-order valence-corrected chi connectivity index (χ1v) is 9.61. The molecule has 2 aromatic carbocycles. The van der Waals surface area contributed by atoms with Crippen molar-refractivity contribution in [2.24, 2.45) is 4.99 Å². The lowest BCUT2D eigenvalue weighted by Crippen LogP contribution is -2.37. The third-order valence-electron chi connectivity index (χ3n) is 4.42. The van der Waals surface area contributed by atoms with Crippen LogP contribution < -0.4 is 15.4 Å². The largest absolute Gasteiger partial charge is 0.496 e. The molecule has 2 aromatic rings. The monoisotopic (exact) mass is 423 g/mol. The fourth-order valence-electron chi connectivity index (χ4n) is 2.79. The molecule has 0 amide bonds. The highest BCUT2D eigenvalue weighted by Gasteiger charge is 2.27. The van der Waals surface area contributed by atoms with Gasteiger partial charge in [0.1, 0.15) is 12.4 Å². The second-order valence-corrected chi connectivity index (χ2v) is 6.83. The van der Waals surface area contributed by atoms with Crippen molar-refractivity contribution in [1.29, 1.82) is 0 Å². The Balaban J connectivity index is 1.74. The van der Waals surface area contributed by atoms with Crippen molar-refractivity contribution in [3.05, 3.63) is 64.7 Å². The summed E-state index contributed by atoms with van der Waals surface area (Å²) in [7, 11) is 3.36. The van der Waals surface area contributed by atoms with Gasteiger partial charge in [-0.25, -0.2) is 0 Å². The molecule has 2 rings (SSSR count). The number of rotatable bonds is 9. The van der Waals surface area contributed by atoms with Crippen LogP contribution in [0, 0.1) is 6.92 Å². The van der Waals surface area contributed by atoms with Gasteiger partial charge in [-0.15, -0.1) is 0 Å². The number of guanidine groups is 1. The zero-order chi connectivity index (χ0) is 22.0. The number of nitrogens with zero attached hydrogens (tertiary/aromatic N) is 1. The number of halogens is 3. The Kier molecular flexibility index (Phi) is 8.98. The van der Waals surface area contributed by atoms with E-state index in [1.54, 1.807) is 26.3 Å². The standard InChI is InChI=1S/C22H28F3N3O2/c1-16-4-5-17(12-20(16)29-3)10-11-27-21(26-2)28-13-18-6-8-19(9-7-18)14-30-15-22(23,24)25/h4-9,12H,10-11,13-15H2,1-3H3,(H2,26,27,28). The number of alkyl halides is 3. The maximum Gasteiger partial charge on any atom is 0.411 e. The summed E-state index contributed by atoms with van der Waals surface area (Å²) in [6.07, 6.45) is -3.48. The first kappa shape index (κ1) is 23.5. The number of methoxy groups -OCH3 is 1. The fourth-order valence-corrected chi connectivity index (χ4v) is 2.79. The molecule has 5 nitrogen and oxygen atoms in total. The summed E-state index contributed by atoms with van der Waals surface area (Å²) in [6, 6.07) is 13.4. The van der Waals surface area contributed by atoms with Crippen molar-refractivity contribution in [3.8, 4) is 5.75 Å². The van der Waals surface area contributed by atoms with Crippen LogP contribution in [-0.2, 0) is 24.3 Å². The van der Waals surface area contributed by atoms with Crippen molar-refractivity contribution < 1.29 is 22.6 Å². The lowest BCUT2D eigenvalue weighted by molar-refractivity contribution is -0.176. The Morgan fingerprint density at radius 1 is 1.00 bits per heavy atom. The molecule has 0 radical (unpaired) electrons. The number of aliphatic imine (C=N–C) groups is 1. The van der Waals surface area contributed by atoms with Gasteiger partial charge in [0.15, 0.2) is 5.96 Å². The maximum absolute atomic E-state index is 12.1. The Morgan fingerprint density at radius 2 is 1.67 bits per heavy atom. The minimum atomic E-state index is -4.31. The Bertz CT molecular complexity index is 821. The SMILES string of the molecule is CN=C(NCCc1ccc(C)c(OC)c1)NCc1ccc(COCC(F)(F)F)cc1. The molecule has 0 saturated carbocycles. The fraction of sp³-hybridized carbons (Fsp3) is 0.409. The molecule has 164 valence electrons. The molecule has 0 bridgehead atoms. The molecule has 0 aliphatic rings. The minimum Gasteiger partial charge on any atom is -0.496 e. The normalized spacial score (nSPS) is 12.0. The average molecular weight is 423 g/mol. The zero-order valence-electron chi connectivity index (χ0n) is 17.5. The second-order valence-electron chi connectivity index (χ2n) is 6.83. The van der Waals surface area contributed by atoms with Crippen molar-refractivity contribution in [1.82, 2.24) is 10.6 Å². The number of nitrogens with one attached hydrogen (secondary N) is 2. The van der Waals surface area contributed by atoms with Crippen molar-refractivity contribution >= 4 is 5.96 Å². The molecule has 30 heavy (non-hydrogen) atoms. The van der Waals surface area contributed by atoms with Crippen LogP contribution in [-0.4, -0.2) is 39.4 Å². The first-order chi connectivity index (χ1) is 14.3. The molecule has 0 spiro atoms. The lowest BCUT2D eigenvalue weighted by atomic mass is 10.1. The number of benzene rings is 2. The van der Waals surface area contributed by atoms with E-state index in [9.17, 15) is 13.2 Å². The van der Waals surface area contributed by atoms with E-state index < -0.39 is 12.8 Å². The smallest absolute Gasteiger partial charge is 0.411 e. The van der Waals surface area contributed by atoms with Gasteiger partial charge >= 0.3 is 6.18 Å². The highest BCUT2D eigenvalue weighted by atomic mass is 19.4. The molecular weight excluding hydrogens is 395 g/mol. The molecule has 0 atom stereocenters.